The molecule has 1 aromatic rings. The molecule has 0 saturated heterocycles. The van der Waals surface area contributed by atoms with Crippen molar-refractivity contribution in [3.05, 3.63) is 29.3 Å². The number of amides is 3. The first kappa shape index (κ1) is 20.7. The standard InChI is InChI=1S/C20H28N2O5/c1-13-8-9-17(15(3)10-13)26-12-19(24)27-11-18(23)22-20(25)21-16-7-5-4-6-14(16)2/h8-10,14,16H,4-7,11-12H2,1-3H3,(H2,21,22,23,25)/t14-,16-/m1/s1. The Morgan fingerprint density at radius 1 is 1.11 bits per heavy atom. The number of esters is 1. The average Bonchev–Trinajstić information content (AvgIpc) is 2.61. The molecule has 2 atom stereocenters. The van der Waals surface area contributed by atoms with Gasteiger partial charge in [0.2, 0.25) is 0 Å². The van der Waals surface area contributed by atoms with Gasteiger partial charge in [0.1, 0.15) is 5.75 Å². The summed E-state index contributed by atoms with van der Waals surface area (Å²) >= 11 is 0. The van der Waals surface area contributed by atoms with Gasteiger partial charge < -0.3 is 14.8 Å². The van der Waals surface area contributed by atoms with Gasteiger partial charge in [-0.25, -0.2) is 9.59 Å². The monoisotopic (exact) mass is 376 g/mol. The summed E-state index contributed by atoms with van der Waals surface area (Å²) in [5.74, 6) is -0.370. The van der Waals surface area contributed by atoms with Crippen LogP contribution in [-0.4, -0.2) is 37.2 Å². The zero-order chi connectivity index (χ0) is 19.8. The topological polar surface area (TPSA) is 93.7 Å². The number of carbonyl (C=O) groups is 3. The molecule has 0 radical (unpaired) electrons. The third-order valence-corrected chi connectivity index (χ3v) is 4.72. The van der Waals surface area contributed by atoms with Gasteiger partial charge in [-0.3, -0.25) is 10.1 Å². The first-order valence-corrected chi connectivity index (χ1v) is 9.31. The molecular weight excluding hydrogens is 348 g/mol. The fourth-order valence-corrected chi connectivity index (χ4v) is 3.18. The van der Waals surface area contributed by atoms with E-state index in [0.717, 1.165) is 30.4 Å². The van der Waals surface area contributed by atoms with Crippen molar-refractivity contribution in [3.8, 4) is 5.75 Å². The third-order valence-electron chi connectivity index (χ3n) is 4.72. The van der Waals surface area contributed by atoms with Gasteiger partial charge in [-0.15, -0.1) is 0 Å². The van der Waals surface area contributed by atoms with Gasteiger partial charge in [0.05, 0.1) is 0 Å². The largest absolute Gasteiger partial charge is 0.482 e. The van der Waals surface area contributed by atoms with Crippen LogP contribution < -0.4 is 15.4 Å². The molecule has 0 bridgehead atoms. The molecule has 1 aliphatic rings. The van der Waals surface area contributed by atoms with E-state index in [2.05, 4.69) is 17.6 Å². The Balaban J connectivity index is 1.66. The molecule has 0 spiro atoms. The summed E-state index contributed by atoms with van der Waals surface area (Å²) in [5, 5.41) is 4.99. The molecule has 1 aromatic carbocycles. The van der Waals surface area contributed by atoms with Crippen molar-refractivity contribution >= 4 is 17.9 Å². The predicted molar refractivity (Wildman–Crippen MR) is 100 cm³/mol. The fraction of sp³-hybridized carbons (Fsp3) is 0.550. The Bertz CT molecular complexity index is 689. The highest BCUT2D eigenvalue weighted by molar-refractivity contribution is 5.95. The summed E-state index contributed by atoms with van der Waals surface area (Å²) < 4.78 is 10.2. The van der Waals surface area contributed by atoms with Crippen LogP contribution >= 0.6 is 0 Å². The Hall–Kier alpha value is -2.57. The summed E-state index contributed by atoms with van der Waals surface area (Å²) in [6.45, 7) is 5.11. The zero-order valence-corrected chi connectivity index (χ0v) is 16.2. The second-order valence-electron chi connectivity index (χ2n) is 7.11. The number of carbonyl (C=O) groups excluding carboxylic acids is 3. The van der Waals surface area contributed by atoms with E-state index in [-0.39, 0.29) is 12.6 Å². The lowest BCUT2D eigenvalue weighted by molar-refractivity contribution is -0.150. The van der Waals surface area contributed by atoms with Gasteiger partial charge in [-0.2, -0.15) is 0 Å². The minimum Gasteiger partial charge on any atom is -0.482 e. The van der Waals surface area contributed by atoms with E-state index in [9.17, 15) is 14.4 Å². The van der Waals surface area contributed by atoms with E-state index in [1.54, 1.807) is 6.07 Å². The molecule has 0 unspecified atom stereocenters. The van der Waals surface area contributed by atoms with E-state index < -0.39 is 24.5 Å². The fourth-order valence-electron chi connectivity index (χ4n) is 3.18. The van der Waals surface area contributed by atoms with Crippen LogP contribution in [-0.2, 0) is 14.3 Å². The Labute approximate surface area is 159 Å². The minimum atomic E-state index is -0.675. The van der Waals surface area contributed by atoms with Crippen LogP contribution in [0.15, 0.2) is 18.2 Å². The van der Waals surface area contributed by atoms with E-state index in [0.29, 0.717) is 11.7 Å². The van der Waals surface area contributed by atoms with Crippen molar-refractivity contribution in [3.63, 3.8) is 0 Å². The SMILES string of the molecule is Cc1ccc(OCC(=O)OCC(=O)NC(=O)N[C@@H]2CCCC[C@H]2C)c(C)c1. The molecule has 1 fully saturated rings. The van der Waals surface area contributed by atoms with E-state index in [1.165, 1.54) is 6.42 Å². The van der Waals surface area contributed by atoms with Gasteiger partial charge in [0, 0.05) is 6.04 Å². The Morgan fingerprint density at radius 3 is 2.56 bits per heavy atom. The number of ether oxygens (including phenoxy) is 2. The maximum absolute atomic E-state index is 11.9. The molecule has 148 valence electrons. The van der Waals surface area contributed by atoms with Crippen LogP contribution in [0, 0.1) is 19.8 Å². The van der Waals surface area contributed by atoms with Gasteiger partial charge in [0.25, 0.3) is 5.91 Å². The molecule has 27 heavy (non-hydrogen) atoms. The highest BCUT2D eigenvalue weighted by Crippen LogP contribution is 2.23. The molecule has 0 aliphatic heterocycles. The summed E-state index contributed by atoms with van der Waals surface area (Å²) in [4.78, 5) is 35.4. The second-order valence-corrected chi connectivity index (χ2v) is 7.11. The smallest absolute Gasteiger partial charge is 0.344 e. The third kappa shape index (κ3) is 6.92. The van der Waals surface area contributed by atoms with E-state index in [1.807, 2.05) is 26.0 Å². The van der Waals surface area contributed by atoms with E-state index in [4.69, 9.17) is 9.47 Å². The molecule has 7 heteroatoms. The molecule has 0 aromatic heterocycles. The number of hydrogen-bond donors (Lipinski definition) is 2. The highest BCUT2D eigenvalue weighted by Gasteiger charge is 2.23. The Kier molecular flexibility index (Phi) is 7.64. The average molecular weight is 376 g/mol. The second kappa shape index (κ2) is 9.94. The molecule has 2 N–H and O–H groups in total. The lowest BCUT2D eigenvalue weighted by atomic mass is 9.86. The summed E-state index contributed by atoms with van der Waals surface area (Å²) in [6.07, 6.45) is 4.21. The van der Waals surface area contributed by atoms with Gasteiger partial charge in [0.15, 0.2) is 13.2 Å². The number of rotatable bonds is 6. The van der Waals surface area contributed by atoms with Crippen molar-refractivity contribution in [2.45, 2.75) is 52.5 Å². The van der Waals surface area contributed by atoms with Crippen molar-refractivity contribution < 1.29 is 23.9 Å². The van der Waals surface area contributed by atoms with Gasteiger partial charge in [-0.1, -0.05) is 37.5 Å². The molecule has 1 saturated carbocycles. The van der Waals surface area contributed by atoms with Crippen molar-refractivity contribution in [1.29, 1.82) is 0 Å². The maximum Gasteiger partial charge on any atom is 0.344 e. The van der Waals surface area contributed by atoms with Crippen LogP contribution in [0.25, 0.3) is 0 Å². The molecule has 3 amide bonds. The van der Waals surface area contributed by atoms with Crippen molar-refractivity contribution in [2.75, 3.05) is 13.2 Å². The van der Waals surface area contributed by atoms with Crippen LogP contribution in [0.4, 0.5) is 4.79 Å². The molecule has 1 aliphatic carbocycles. The van der Waals surface area contributed by atoms with Crippen LogP contribution in [0.2, 0.25) is 0 Å². The predicted octanol–water partition coefficient (Wildman–Crippen LogP) is 2.63. The number of aryl methyl sites for hydroxylation is 2. The highest BCUT2D eigenvalue weighted by atomic mass is 16.6. The van der Waals surface area contributed by atoms with Crippen LogP contribution in [0.1, 0.15) is 43.7 Å². The number of hydrogen-bond acceptors (Lipinski definition) is 5. The Morgan fingerprint density at radius 2 is 1.85 bits per heavy atom. The maximum atomic E-state index is 11.9. The summed E-state index contributed by atoms with van der Waals surface area (Å²) in [5.41, 5.74) is 2.01. The van der Waals surface area contributed by atoms with Gasteiger partial charge in [-0.05, 0) is 44.2 Å². The minimum absolute atomic E-state index is 0.0697. The molecule has 0 heterocycles. The molecule has 7 nitrogen and oxygen atoms in total. The first-order chi connectivity index (χ1) is 12.8. The lowest BCUT2D eigenvalue weighted by Crippen LogP contribution is -2.48. The zero-order valence-electron chi connectivity index (χ0n) is 16.2. The van der Waals surface area contributed by atoms with Crippen molar-refractivity contribution in [1.82, 2.24) is 10.6 Å². The summed E-state index contributed by atoms with van der Waals surface area (Å²) in [6, 6.07) is 5.12. The normalized spacial score (nSPS) is 19.1. The molecular formula is C20H28N2O5. The number of nitrogens with one attached hydrogen (secondary N) is 2. The van der Waals surface area contributed by atoms with Gasteiger partial charge >= 0.3 is 12.0 Å². The summed E-state index contributed by atoms with van der Waals surface area (Å²) in [7, 11) is 0. The lowest BCUT2D eigenvalue weighted by Gasteiger charge is -2.29. The first-order valence-electron chi connectivity index (χ1n) is 9.31. The van der Waals surface area contributed by atoms with Crippen LogP contribution in [0.5, 0.6) is 5.75 Å². The van der Waals surface area contributed by atoms with Crippen molar-refractivity contribution in [2.24, 2.45) is 5.92 Å². The van der Waals surface area contributed by atoms with Crippen LogP contribution in [0.3, 0.4) is 0 Å². The van der Waals surface area contributed by atoms with E-state index >= 15 is 0 Å². The number of urea groups is 1. The molecule has 2 rings (SSSR count). The number of benzene rings is 1. The quantitative estimate of drug-likeness (QED) is 0.745. The number of imide groups is 1.